The lowest BCUT2D eigenvalue weighted by Crippen LogP contribution is -2.00. The van der Waals surface area contributed by atoms with Crippen molar-refractivity contribution in [3.8, 4) is 28.2 Å². The highest BCUT2D eigenvalue weighted by Crippen LogP contribution is 2.40. The quantitative estimate of drug-likeness (QED) is 0.175. The topological polar surface area (TPSA) is 14.8 Å². The number of hydrogen-bond donors (Lipinski definition) is 0. The second kappa shape index (κ2) is 11.6. The van der Waals surface area contributed by atoms with E-state index in [-0.39, 0.29) is 0 Å². The minimum absolute atomic E-state index is 1.14. The van der Waals surface area contributed by atoms with Crippen LogP contribution in [0.5, 0.6) is 0 Å². The Kier molecular flexibility index (Phi) is 6.60. The first kappa shape index (κ1) is 30.8. The van der Waals surface area contributed by atoms with Gasteiger partial charge in [-0.25, -0.2) is 0 Å². The predicted molar refractivity (Wildman–Crippen MR) is 229 cm³/mol. The number of benzene rings is 8. The Bertz CT molecular complexity index is 3240. The number of fused-ring (bicyclic) bond motifs is 9. The lowest BCUT2D eigenvalue weighted by molar-refractivity contribution is 1.11. The third-order valence-corrected chi connectivity index (χ3v) is 11.5. The summed E-state index contributed by atoms with van der Waals surface area (Å²) in [7, 11) is 0. The molecule has 3 heterocycles. The molecule has 0 spiro atoms. The number of aromatic nitrogens is 3. The van der Waals surface area contributed by atoms with Gasteiger partial charge in [0.1, 0.15) is 0 Å². The molecule has 0 amide bonds. The fourth-order valence-electron chi connectivity index (χ4n) is 9.32. The van der Waals surface area contributed by atoms with Crippen molar-refractivity contribution in [1.29, 1.82) is 0 Å². The molecule has 11 aromatic rings. The monoisotopic (exact) mass is 691 g/mol. The first-order valence-electron chi connectivity index (χ1n) is 18.8. The number of nitrogens with zero attached hydrogens (tertiary/aromatic N) is 3. The number of aryl methyl sites for hydroxylation is 3. The van der Waals surface area contributed by atoms with Crippen LogP contribution in [0.3, 0.4) is 0 Å². The minimum atomic E-state index is 1.14. The summed E-state index contributed by atoms with van der Waals surface area (Å²) in [4.78, 5) is 0. The van der Waals surface area contributed by atoms with E-state index in [4.69, 9.17) is 0 Å². The van der Waals surface area contributed by atoms with Crippen LogP contribution < -0.4 is 0 Å². The van der Waals surface area contributed by atoms with Crippen LogP contribution in [-0.4, -0.2) is 13.7 Å². The maximum atomic E-state index is 2.46. The van der Waals surface area contributed by atoms with Crippen LogP contribution in [0.2, 0.25) is 0 Å². The van der Waals surface area contributed by atoms with Gasteiger partial charge in [-0.15, -0.1) is 0 Å². The van der Waals surface area contributed by atoms with Gasteiger partial charge in [0, 0.05) is 43.7 Å². The van der Waals surface area contributed by atoms with E-state index in [0.717, 1.165) is 11.4 Å². The molecule has 0 N–H and O–H groups in total. The molecule has 11 rings (SSSR count). The van der Waals surface area contributed by atoms with Crippen molar-refractivity contribution >= 4 is 65.4 Å². The molecule has 8 aromatic carbocycles. The third kappa shape index (κ3) is 4.42. The van der Waals surface area contributed by atoms with Crippen molar-refractivity contribution < 1.29 is 0 Å². The summed E-state index contributed by atoms with van der Waals surface area (Å²) < 4.78 is 7.28. The molecule has 0 aliphatic heterocycles. The predicted octanol–water partition coefficient (Wildman–Crippen LogP) is 13.6. The van der Waals surface area contributed by atoms with Gasteiger partial charge in [0.15, 0.2) is 0 Å². The Balaban J connectivity index is 1.08. The molecular weight excluding hydrogens is 655 g/mol. The summed E-state index contributed by atoms with van der Waals surface area (Å²) in [6.07, 6.45) is 0. The van der Waals surface area contributed by atoms with Crippen LogP contribution in [0.25, 0.3) is 93.6 Å². The Hall–Kier alpha value is -6.84. The molecular formula is C51H37N3. The highest BCUT2D eigenvalue weighted by atomic mass is 15.0. The van der Waals surface area contributed by atoms with Gasteiger partial charge in [-0.3, -0.25) is 0 Å². The fourth-order valence-corrected chi connectivity index (χ4v) is 9.32. The summed E-state index contributed by atoms with van der Waals surface area (Å²) in [5, 5.41) is 7.58. The summed E-state index contributed by atoms with van der Waals surface area (Å²) in [6.45, 7) is 6.65. The van der Waals surface area contributed by atoms with Crippen molar-refractivity contribution in [2.45, 2.75) is 20.8 Å². The number of para-hydroxylation sites is 4. The Morgan fingerprint density at radius 2 is 0.667 bits per heavy atom. The van der Waals surface area contributed by atoms with E-state index in [9.17, 15) is 0 Å². The fraction of sp³-hybridized carbons (Fsp3) is 0.0588. The van der Waals surface area contributed by atoms with Gasteiger partial charge >= 0.3 is 0 Å². The van der Waals surface area contributed by atoms with Gasteiger partial charge in [-0.1, -0.05) is 109 Å². The maximum Gasteiger partial charge on any atom is 0.0541 e. The van der Waals surface area contributed by atoms with E-state index >= 15 is 0 Å². The zero-order chi connectivity index (χ0) is 36.1. The average Bonchev–Trinajstić information content (AvgIpc) is 3.83. The summed E-state index contributed by atoms with van der Waals surface area (Å²) in [5.74, 6) is 0. The molecule has 0 saturated carbocycles. The van der Waals surface area contributed by atoms with Gasteiger partial charge in [0.05, 0.1) is 38.8 Å². The molecule has 0 fully saturated rings. The van der Waals surface area contributed by atoms with Crippen molar-refractivity contribution in [3.05, 3.63) is 187 Å². The third-order valence-electron chi connectivity index (χ3n) is 11.5. The Morgan fingerprint density at radius 1 is 0.296 bits per heavy atom. The van der Waals surface area contributed by atoms with Crippen LogP contribution in [0.15, 0.2) is 170 Å². The first-order chi connectivity index (χ1) is 26.5. The van der Waals surface area contributed by atoms with Crippen molar-refractivity contribution in [1.82, 2.24) is 13.7 Å². The van der Waals surface area contributed by atoms with Gasteiger partial charge in [-0.05, 0) is 110 Å². The molecule has 0 aliphatic rings. The van der Waals surface area contributed by atoms with Gasteiger partial charge in [0.2, 0.25) is 0 Å². The molecule has 54 heavy (non-hydrogen) atoms. The van der Waals surface area contributed by atoms with Crippen molar-refractivity contribution in [2.75, 3.05) is 0 Å². The molecule has 3 heteroatoms. The lowest BCUT2D eigenvalue weighted by Gasteiger charge is -2.15. The molecule has 0 saturated heterocycles. The lowest BCUT2D eigenvalue weighted by atomic mass is 10.0. The summed E-state index contributed by atoms with van der Waals surface area (Å²) in [6, 6.07) is 62.6. The largest absolute Gasteiger partial charge is 0.309 e. The van der Waals surface area contributed by atoms with Crippen molar-refractivity contribution in [3.63, 3.8) is 0 Å². The smallest absolute Gasteiger partial charge is 0.0541 e. The van der Waals surface area contributed by atoms with Gasteiger partial charge < -0.3 is 13.7 Å². The Labute approximate surface area is 313 Å². The van der Waals surface area contributed by atoms with E-state index in [0.29, 0.717) is 0 Å². The second-order valence-electron chi connectivity index (χ2n) is 14.8. The highest BCUT2D eigenvalue weighted by Gasteiger charge is 2.19. The standard InChI is InChI=1S/C51H37N3/c1-32-27-33(2)51(34(3)28-32)54-48-22-11-7-18-42(48)44-30-36(24-26-50(44)54)35-23-25-49-43(29-35)41-17-6-10-21-47(41)53(49)38-14-12-13-37(31-38)52-45-19-8-4-15-39(45)40-16-5-9-20-46(40)52/h4-31H,1-3H3. The van der Waals surface area contributed by atoms with Crippen LogP contribution in [0.4, 0.5) is 0 Å². The molecule has 0 aliphatic carbocycles. The zero-order valence-electron chi connectivity index (χ0n) is 30.5. The van der Waals surface area contributed by atoms with E-state index < -0.39 is 0 Å². The molecule has 0 radical (unpaired) electrons. The van der Waals surface area contributed by atoms with Crippen LogP contribution >= 0.6 is 0 Å². The molecule has 0 bridgehead atoms. The molecule has 0 atom stereocenters. The zero-order valence-corrected chi connectivity index (χ0v) is 30.5. The molecule has 256 valence electrons. The summed E-state index contributed by atoms with van der Waals surface area (Å²) >= 11 is 0. The van der Waals surface area contributed by atoms with Crippen LogP contribution in [0.1, 0.15) is 16.7 Å². The first-order valence-corrected chi connectivity index (χ1v) is 18.8. The van der Waals surface area contributed by atoms with E-state index in [2.05, 4.69) is 204 Å². The number of rotatable bonds is 4. The van der Waals surface area contributed by atoms with Crippen LogP contribution in [-0.2, 0) is 0 Å². The number of hydrogen-bond acceptors (Lipinski definition) is 0. The van der Waals surface area contributed by atoms with Crippen LogP contribution in [0, 0.1) is 20.8 Å². The Morgan fingerprint density at radius 3 is 1.13 bits per heavy atom. The highest BCUT2D eigenvalue weighted by molar-refractivity contribution is 6.13. The maximum absolute atomic E-state index is 2.46. The molecule has 3 nitrogen and oxygen atoms in total. The van der Waals surface area contributed by atoms with E-state index in [1.807, 2.05) is 0 Å². The second-order valence-corrected chi connectivity index (χ2v) is 14.8. The van der Waals surface area contributed by atoms with Gasteiger partial charge in [0.25, 0.3) is 0 Å². The summed E-state index contributed by atoms with van der Waals surface area (Å²) in [5.41, 5.74) is 17.2. The normalized spacial score (nSPS) is 12.0. The molecule has 0 unspecified atom stereocenters. The van der Waals surface area contributed by atoms with E-state index in [1.54, 1.807) is 0 Å². The minimum Gasteiger partial charge on any atom is -0.309 e. The van der Waals surface area contributed by atoms with Gasteiger partial charge in [-0.2, -0.15) is 0 Å². The van der Waals surface area contributed by atoms with E-state index in [1.165, 1.54) is 98.9 Å². The average molecular weight is 692 g/mol. The van der Waals surface area contributed by atoms with Crippen molar-refractivity contribution in [2.24, 2.45) is 0 Å². The SMILES string of the molecule is Cc1cc(C)c(-n2c3ccccc3c3cc(-c4ccc5c(c4)c4ccccc4n5-c4cccc(-n5c6ccccc6c6ccccc65)c4)ccc32)c(C)c1. The molecule has 3 aromatic heterocycles.